The number of carboxylic acids is 1. The Labute approximate surface area is 274 Å². The maximum absolute atomic E-state index is 12.5. The molecule has 0 spiro atoms. The molecule has 12 heteroatoms. The normalized spacial score (nSPS) is 25.0. The smallest absolute Gasteiger partial charge is 0.356 e. The van der Waals surface area contributed by atoms with Crippen LogP contribution in [0, 0.1) is 30.1 Å². The van der Waals surface area contributed by atoms with Gasteiger partial charge in [-0.1, -0.05) is 34.8 Å². The van der Waals surface area contributed by atoms with Gasteiger partial charge < -0.3 is 15.3 Å². The highest BCUT2D eigenvalue weighted by molar-refractivity contribution is 7.22. The summed E-state index contributed by atoms with van der Waals surface area (Å²) in [6, 6.07) is 10.1. The molecule has 5 aromatic rings. The third-order valence-electron chi connectivity index (χ3n) is 10.8. The largest absolute Gasteiger partial charge is 0.476 e. The van der Waals surface area contributed by atoms with Crippen molar-refractivity contribution in [3.8, 4) is 10.4 Å². The van der Waals surface area contributed by atoms with Crippen molar-refractivity contribution in [3.63, 3.8) is 0 Å². The molecule has 0 aliphatic heterocycles. The monoisotopic (exact) mass is 652 g/mol. The predicted molar refractivity (Wildman–Crippen MR) is 181 cm³/mol. The first-order valence-electron chi connectivity index (χ1n) is 16.3. The minimum absolute atomic E-state index is 0.0498. The molecule has 10 nitrogen and oxygen atoms in total. The van der Waals surface area contributed by atoms with Crippen LogP contribution in [0.5, 0.6) is 0 Å². The Hall–Kier alpha value is -3.90. The van der Waals surface area contributed by atoms with Gasteiger partial charge in [-0.05, 0) is 106 Å². The molecule has 5 aliphatic rings. The fourth-order valence-electron chi connectivity index (χ4n) is 8.90. The number of aromatic carboxylic acids is 1. The number of nitrogens with zero attached hydrogens (tertiary/aromatic N) is 7. The maximum atomic E-state index is 12.5. The van der Waals surface area contributed by atoms with Gasteiger partial charge in [0.2, 0.25) is 0 Å². The highest BCUT2D eigenvalue weighted by Gasteiger charge is 2.51. The van der Waals surface area contributed by atoms with E-state index in [1.165, 1.54) is 49.9 Å². The summed E-state index contributed by atoms with van der Waals surface area (Å²) in [7, 11) is 1.87. The molecule has 0 atom stereocenters. The molecule has 4 bridgehead atoms. The highest BCUT2D eigenvalue weighted by atomic mass is 32.1. The van der Waals surface area contributed by atoms with Gasteiger partial charge in [0, 0.05) is 30.4 Å². The van der Waals surface area contributed by atoms with Crippen LogP contribution >= 0.6 is 22.7 Å². The number of anilines is 4. The molecule has 0 unspecified atom stereocenters. The Morgan fingerprint density at radius 3 is 2.50 bits per heavy atom. The lowest BCUT2D eigenvalue weighted by molar-refractivity contribution is -0.0638. The van der Waals surface area contributed by atoms with Gasteiger partial charge in [-0.25, -0.2) is 14.8 Å². The van der Waals surface area contributed by atoms with Gasteiger partial charge in [0.05, 0.1) is 21.3 Å². The van der Waals surface area contributed by atoms with Crippen molar-refractivity contribution in [1.82, 2.24) is 29.9 Å². The molecule has 5 saturated carbocycles. The van der Waals surface area contributed by atoms with Gasteiger partial charge in [-0.3, -0.25) is 4.68 Å². The van der Waals surface area contributed by atoms with Crippen LogP contribution in [0.3, 0.4) is 0 Å². The van der Waals surface area contributed by atoms with Gasteiger partial charge in [-0.2, -0.15) is 5.10 Å². The van der Waals surface area contributed by atoms with Crippen LogP contribution in [0.15, 0.2) is 36.5 Å². The van der Waals surface area contributed by atoms with Crippen LogP contribution in [0.2, 0.25) is 0 Å². The van der Waals surface area contributed by atoms with Gasteiger partial charge in [0.15, 0.2) is 27.6 Å². The summed E-state index contributed by atoms with van der Waals surface area (Å²) in [5, 5.41) is 28.9. The second kappa shape index (κ2) is 10.6. The van der Waals surface area contributed by atoms with E-state index >= 15 is 0 Å². The summed E-state index contributed by atoms with van der Waals surface area (Å²) in [6.07, 6.45) is 12.2. The van der Waals surface area contributed by atoms with Crippen molar-refractivity contribution in [3.05, 3.63) is 53.5 Å². The predicted octanol–water partition coefficient (Wildman–Crippen LogP) is 8.02. The lowest BCUT2D eigenvalue weighted by Gasteiger charge is -2.56. The van der Waals surface area contributed by atoms with Crippen LogP contribution in [0.1, 0.15) is 79.0 Å². The zero-order chi connectivity index (χ0) is 31.2. The maximum Gasteiger partial charge on any atom is 0.356 e. The second-order valence-corrected chi connectivity index (χ2v) is 16.2. The van der Waals surface area contributed by atoms with E-state index < -0.39 is 5.97 Å². The van der Waals surface area contributed by atoms with Crippen molar-refractivity contribution >= 4 is 60.8 Å². The molecule has 4 aromatic heterocycles. The summed E-state index contributed by atoms with van der Waals surface area (Å²) < 4.78 is 3.26. The quantitative estimate of drug-likeness (QED) is 0.163. The first-order chi connectivity index (χ1) is 22.3. The summed E-state index contributed by atoms with van der Waals surface area (Å²) in [5.41, 5.74) is 4.29. The Kier molecular flexibility index (Phi) is 6.51. The number of rotatable bonds is 9. The number of hydrogen-bond acceptors (Lipinski definition) is 10. The van der Waals surface area contributed by atoms with Gasteiger partial charge in [0.25, 0.3) is 0 Å². The van der Waals surface area contributed by atoms with Crippen LogP contribution in [-0.2, 0) is 6.54 Å². The number of carboxylic acid groups (broad SMARTS) is 1. The first-order valence-corrected chi connectivity index (χ1v) is 17.9. The van der Waals surface area contributed by atoms with E-state index in [4.69, 9.17) is 10.1 Å². The molecule has 2 N–H and O–H groups in total. The molecule has 46 heavy (non-hydrogen) atoms. The number of fused-ring (bicyclic) bond motifs is 1. The van der Waals surface area contributed by atoms with Crippen molar-refractivity contribution in [2.45, 2.75) is 70.8 Å². The number of carbonyl (C=O) groups is 1. The van der Waals surface area contributed by atoms with Crippen LogP contribution in [-0.4, -0.2) is 48.1 Å². The summed E-state index contributed by atoms with van der Waals surface area (Å²) in [5.74, 6) is 3.33. The molecule has 5 fully saturated rings. The van der Waals surface area contributed by atoms with E-state index in [1.54, 1.807) is 11.3 Å². The van der Waals surface area contributed by atoms with E-state index in [0.717, 1.165) is 69.3 Å². The number of benzene rings is 1. The lowest BCUT2D eigenvalue weighted by atomic mass is 9.49. The van der Waals surface area contributed by atoms with Gasteiger partial charge >= 0.3 is 5.97 Å². The molecular weight excluding hydrogens is 617 g/mol. The Morgan fingerprint density at radius 1 is 1.07 bits per heavy atom. The minimum Gasteiger partial charge on any atom is -0.476 e. The fraction of sp³-hybridized carbons (Fsp3) is 0.471. The standard InChI is InChI=1S/C34H36N8O2S2/c1-18-24(16-35-42(18)17-34-13-19-9-20(14-34)11-21(10-19)15-34)29-28(31(43)44)37-33(46-29)41(2)27-12-23(22-7-8-22)30(40-39-27)38-32-36-25-5-3-4-6-26(25)45-32/h3-6,12,16,19-22H,7-11,13-15,17H2,1-2H3,(H,43,44)(H,36,38,40). The topological polar surface area (TPSA) is 122 Å². The van der Waals surface area contributed by atoms with Crippen molar-refractivity contribution in [1.29, 1.82) is 0 Å². The summed E-state index contributed by atoms with van der Waals surface area (Å²) in [6.45, 7) is 3.00. The molecule has 4 heterocycles. The molecule has 5 aliphatic carbocycles. The Balaban J connectivity index is 0.999. The zero-order valence-electron chi connectivity index (χ0n) is 25.9. The van der Waals surface area contributed by atoms with E-state index in [2.05, 4.69) is 44.2 Å². The van der Waals surface area contributed by atoms with Crippen LogP contribution < -0.4 is 10.2 Å². The SMILES string of the molecule is Cc1c(-c2sc(N(C)c3cc(C4CC4)c(Nc4nc5ccccc5s4)nn3)nc2C(=O)O)cnn1CC12CC3CC(CC(C3)C1)C2. The van der Waals surface area contributed by atoms with E-state index in [1.807, 2.05) is 36.3 Å². The average Bonchev–Trinajstić information content (AvgIpc) is 3.48. The van der Waals surface area contributed by atoms with E-state index in [-0.39, 0.29) is 5.69 Å². The number of para-hydroxylation sites is 1. The first kappa shape index (κ1) is 28.3. The average molecular weight is 653 g/mol. The molecule has 1 aromatic carbocycles. The Morgan fingerprint density at radius 2 is 1.80 bits per heavy atom. The third-order valence-corrected chi connectivity index (χ3v) is 12.9. The lowest BCUT2D eigenvalue weighted by Crippen LogP contribution is -2.48. The van der Waals surface area contributed by atoms with Crippen molar-refractivity contribution < 1.29 is 9.90 Å². The van der Waals surface area contributed by atoms with Gasteiger partial charge in [0.1, 0.15) is 0 Å². The highest BCUT2D eigenvalue weighted by Crippen LogP contribution is 2.60. The Bertz CT molecular complexity index is 1920. The fourth-order valence-corrected chi connectivity index (χ4v) is 10.9. The number of hydrogen-bond donors (Lipinski definition) is 2. The van der Waals surface area contributed by atoms with E-state index in [9.17, 15) is 9.90 Å². The van der Waals surface area contributed by atoms with Crippen molar-refractivity contribution in [2.24, 2.45) is 23.2 Å². The molecule has 10 rings (SSSR count). The molecule has 0 saturated heterocycles. The number of thiazole rings is 2. The summed E-state index contributed by atoms with van der Waals surface area (Å²) >= 11 is 2.96. The molecule has 0 amide bonds. The molecule has 236 valence electrons. The van der Waals surface area contributed by atoms with E-state index in [0.29, 0.717) is 33.0 Å². The zero-order valence-corrected chi connectivity index (χ0v) is 27.6. The summed E-state index contributed by atoms with van der Waals surface area (Å²) in [4.78, 5) is 24.3. The van der Waals surface area contributed by atoms with Crippen LogP contribution in [0.25, 0.3) is 20.7 Å². The van der Waals surface area contributed by atoms with Crippen molar-refractivity contribution in [2.75, 3.05) is 17.3 Å². The molecule has 0 radical (unpaired) electrons. The number of aromatic nitrogens is 6. The minimum atomic E-state index is -1.04. The van der Waals surface area contributed by atoms with Gasteiger partial charge in [-0.15, -0.1) is 10.2 Å². The third kappa shape index (κ3) is 4.88. The molecular formula is C34H36N8O2S2. The number of nitrogens with one attached hydrogen (secondary N) is 1. The second-order valence-electron chi connectivity index (χ2n) is 14.1. The van der Waals surface area contributed by atoms with Crippen LogP contribution in [0.4, 0.5) is 21.9 Å².